The van der Waals surface area contributed by atoms with Gasteiger partial charge in [-0.3, -0.25) is 4.79 Å². The maximum absolute atomic E-state index is 12.5. The molecule has 0 radical (unpaired) electrons. The Morgan fingerprint density at radius 2 is 1.87 bits per heavy atom. The third-order valence-electron chi connectivity index (χ3n) is 5.27. The van der Waals surface area contributed by atoms with Gasteiger partial charge in [-0.2, -0.15) is 4.98 Å². The van der Waals surface area contributed by atoms with Gasteiger partial charge in [0, 0.05) is 18.9 Å². The summed E-state index contributed by atoms with van der Waals surface area (Å²) in [5.74, 6) is 3.08. The fraction of sp³-hybridized carbons (Fsp3) is 0.348. The van der Waals surface area contributed by atoms with Crippen LogP contribution in [-0.4, -0.2) is 40.6 Å². The number of anilines is 1. The number of hydrogen-bond acceptors (Lipinski definition) is 6. The summed E-state index contributed by atoms with van der Waals surface area (Å²) in [5.41, 5.74) is 0.678. The Labute approximate surface area is 176 Å². The lowest BCUT2D eigenvalue weighted by atomic mass is 9.96. The van der Waals surface area contributed by atoms with Gasteiger partial charge in [0.05, 0.1) is 5.69 Å². The second-order valence-electron chi connectivity index (χ2n) is 7.51. The lowest BCUT2D eigenvalue weighted by molar-refractivity contribution is -0.116. The molecule has 2 aromatic carbocycles. The van der Waals surface area contributed by atoms with Gasteiger partial charge in [-0.15, -0.1) is 0 Å². The number of aryl methyl sites for hydroxylation is 1. The van der Waals surface area contributed by atoms with E-state index in [1.165, 1.54) is 0 Å². The number of piperidine rings is 1. The maximum Gasteiger partial charge on any atom is 0.229 e. The molecular weight excluding hydrogens is 380 g/mol. The predicted octanol–water partition coefficient (Wildman–Crippen LogP) is 4.38. The summed E-state index contributed by atoms with van der Waals surface area (Å²) in [7, 11) is 0. The number of carbonyl (C=O) groups excluding carboxylic acids is 1. The Morgan fingerprint density at radius 3 is 2.60 bits per heavy atom. The van der Waals surface area contributed by atoms with Gasteiger partial charge >= 0.3 is 0 Å². The fourth-order valence-electron chi connectivity index (χ4n) is 3.63. The van der Waals surface area contributed by atoms with Crippen LogP contribution in [0.2, 0.25) is 0 Å². The van der Waals surface area contributed by atoms with Crippen molar-refractivity contribution in [1.82, 2.24) is 15.0 Å². The molecule has 4 rings (SSSR count). The fourth-order valence-corrected chi connectivity index (χ4v) is 3.63. The summed E-state index contributed by atoms with van der Waals surface area (Å²) in [6, 6.07) is 17.0. The number of amides is 1. The highest BCUT2D eigenvalue weighted by atomic mass is 16.5. The quantitative estimate of drug-likeness (QED) is 0.627. The minimum Gasteiger partial charge on any atom is -0.455 e. The average Bonchev–Trinajstić information content (AvgIpc) is 3.21. The highest BCUT2D eigenvalue weighted by Gasteiger charge is 2.25. The Bertz CT molecular complexity index is 965. The monoisotopic (exact) mass is 406 g/mol. The number of ether oxygens (including phenoxy) is 1. The highest BCUT2D eigenvalue weighted by Crippen LogP contribution is 2.29. The van der Waals surface area contributed by atoms with Gasteiger partial charge in [0.25, 0.3) is 0 Å². The molecule has 0 unspecified atom stereocenters. The molecule has 0 spiro atoms. The van der Waals surface area contributed by atoms with Crippen LogP contribution in [0, 0.1) is 6.92 Å². The number of nitrogens with zero attached hydrogens (tertiary/aromatic N) is 3. The number of benzene rings is 2. The van der Waals surface area contributed by atoms with Gasteiger partial charge in [-0.1, -0.05) is 35.5 Å². The van der Waals surface area contributed by atoms with Gasteiger partial charge < -0.3 is 19.5 Å². The molecule has 156 valence electrons. The van der Waals surface area contributed by atoms with Crippen LogP contribution < -0.4 is 10.1 Å². The Kier molecular flexibility index (Phi) is 6.39. The number of rotatable bonds is 7. The van der Waals surface area contributed by atoms with Gasteiger partial charge in [0.2, 0.25) is 11.8 Å². The third-order valence-corrected chi connectivity index (χ3v) is 5.27. The molecule has 0 bridgehead atoms. The molecule has 1 saturated heterocycles. The molecule has 0 saturated carbocycles. The first-order chi connectivity index (χ1) is 14.7. The SMILES string of the molecule is Cc1noc(C2CCN(CCC(=O)Nc3ccccc3Oc3ccccc3)CC2)n1. The van der Waals surface area contributed by atoms with Crippen molar-refractivity contribution in [2.75, 3.05) is 25.0 Å². The lowest BCUT2D eigenvalue weighted by Crippen LogP contribution is -2.35. The Morgan fingerprint density at radius 1 is 1.13 bits per heavy atom. The van der Waals surface area contributed by atoms with Crippen molar-refractivity contribution in [2.45, 2.75) is 32.1 Å². The molecule has 1 aliphatic rings. The summed E-state index contributed by atoms with van der Waals surface area (Å²) >= 11 is 0. The van der Waals surface area contributed by atoms with Crippen LogP contribution in [0.25, 0.3) is 0 Å². The van der Waals surface area contributed by atoms with Crippen molar-refractivity contribution < 1.29 is 14.1 Å². The zero-order valence-corrected chi connectivity index (χ0v) is 17.1. The molecule has 1 aliphatic heterocycles. The van der Waals surface area contributed by atoms with Crippen molar-refractivity contribution >= 4 is 11.6 Å². The Hall–Kier alpha value is -3.19. The number of carbonyl (C=O) groups is 1. The molecule has 7 heteroatoms. The predicted molar refractivity (Wildman–Crippen MR) is 114 cm³/mol. The van der Waals surface area contributed by atoms with Crippen LogP contribution in [0.4, 0.5) is 5.69 Å². The third kappa shape index (κ3) is 5.24. The standard InChI is InChI=1S/C23H26N4O3/c1-17-24-23(30-26-17)18-11-14-27(15-12-18)16-13-22(28)25-20-9-5-6-10-21(20)29-19-7-3-2-4-8-19/h2-10,18H,11-16H2,1H3,(H,25,28). The van der Waals surface area contributed by atoms with Crippen LogP contribution in [0.15, 0.2) is 59.1 Å². The average molecular weight is 406 g/mol. The normalized spacial score (nSPS) is 15.1. The van der Waals surface area contributed by atoms with Gasteiger partial charge in [-0.25, -0.2) is 0 Å². The second kappa shape index (κ2) is 9.54. The summed E-state index contributed by atoms with van der Waals surface area (Å²) in [6.07, 6.45) is 2.37. The second-order valence-corrected chi connectivity index (χ2v) is 7.51. The van der Waals surface area contributed by atoms with E-state index in [0.29, 0.717) is 29.6 Å². The number of likely N-dealkylation sites (tertiary alicyclic amines) is 1. The molecule has 1 amide bonds. The molecule has 1 N–H and O–H groups in total. The minimum absolute atomic E-state index is 0.0197. The molecular formula is C23H26N4O3. The molecule has 30 heavy (non-hydrogen) atoms. The molecule has 1 aromatic heterocycles. The smallest absolute Gasteiger partial charge is 0.229 e. The van der Waals surface area contributed by atoms with Crippen LogP contribution >= 0.6 is 0 Å². The molecule has 0 aliphatic carbocycles. The first kappa shape index (κ1) is 20.1. The zero-order valence-electron chi connectivity index (χ0n) is 17.1. The van der Waals surface area contributed by atoms with E-state index >= 15 is 0 Å². The summed E-state index contributed by atoms with van der Waals surface area (Å²) in [6.45, 7) is 4.41. The molecule has 3 aromatic rings. The number of nitrogens with one attached hydrogen (secondary N) is 1. The number of hydrogen-bond donors (Lipinski definition) is 1. The van der Waals surface area contributed by atoms with Crippen LogP contribution in [0.5, 0.6) is 11.5 Å². The van der Waals surface area contributed by atoms with Crippen molar-refractivity contribution in [1.29, 1.82) is 0 Å². The highest BCUT2D eigenvalue weighted by molar-refractivity contribution is 5.92. The number of aromatic nitrogens is 2. The van der Waals surface area contributed by atoms with Crippen molar-refractivity contribution in [3.8, 4) is 11.5 Å². The first-order valence-corrected chi connectivity index (χ1v) is 10.3. The van der Waals surface area contributed by atoms with Crippen LogP contribution in [0.3, 0.4) is 0 Å². The van der Waals surface area contributed by atoms with Crippen molar-refractivity contribution in [3.05, 3.63) is 66.3 Å². The van der Waals surface area contributed by atoms with E-state index in [2.05, 4.69) is 20.4 Å². The van der Waals surface area contributed by atoms with Gasteiger partial charge in [-0.05, 0) is 57.1 Å². The van der Waals surface area contributed by atoms with Gasteiger partial charge in [0.1, 0.15) is 5.75 Å². The van der Waals surface area contributed by atoms with E-state index in [4.69, 9.17) is 9.26 Å². The summed E-state index contributed by atoms with van der Waals surface area (Å²) < 4.78 is 11.2. The van der Waals surface area contributed by atoms with Crippen LogP contribution in [-0.2, 0) is 4.79 Å². The van der Waals surface area contributed by atoms with E-state index in [-0.39, 0.29) is 5.91 Å². The summed E-state index contributed by atoms with van der Waals surface area (Å²) in [4.78, 5) is 19.2. The van der Waals surface area contributed by atoms with Crippen molar-refractivity contribution in [3.63, 3.8) is 0 Å². The van der Waals surface area contributed by atoms with E-state index < -0.39 is 0 Å². The maximum atomic E-state index is 12.5. The Balaban J connectivity index is 1.26. The largest absolute Gasteiger partial charge is 0.455 e. The first-order valence-electron chi connectivity index (χ1n) is 10.3. The lowest BCUT2D eigenvalue weighted by Gasteiger charge is -2.30. The van der Waals surface area contributed by atoms with Crippen molar-refractivity contribution in [2.24, 2.45) is 0 Å². The van der Waals surface area contributed by atoms with E-state index in [0.717, 1.165) is 44.1 Å². The molecule has 2 heterocycles. The molecule has 0 atom stereocenters. The van der Waals surface area contributed by atoms with E-state index in [9.17, 15) is 4.79 Å². The zero-order chi connectivity index (χ0) is 20.8. The summed E-state index contributed by atoms with van der Waals surface area (Å²) in [5, 5.41) is 6.86. The topological polar surface area (TPSA) is 80.5 Å². The van der Waals surface area contributed by atoms with Crippen LogP contribution in [0.1, 0.15) is 36.9 Å². The van der Waals surface area contributed by atoms with E-state index in [1.54, 1.807) is 0 Å². The van der Waals surface area contributed by atoms with Gasteiger partial charge in [0.15, 0.2) is 11.6 Å². The number of para-hydroxylation sites is 3. The van der Waals surface area contributed by atoms with E-state index in [1.807, 2.05) is 61.5 Å². The molecule has 1 fully saturated rings. The minimum atomic E-state index is -0.0197. The molecule has 7 nitrogen and oxygen atoms in total.